The first kappa shape index (κ1) is 42.4. The standard InChI is InChI=1S/C37H65N4O8/c1-13-17-36(10,32(45)39-27-20-34(6,7)41(47)35(8,9)21-27)23-37(11,33(46)49-25(5)31(44)48-12)22-28(40-18-15-16-29(40)42)19-26(14-2)30(43)38-24(3)4/h24-28H,13-23H2,1-12H3,(H,38,43)(H,39,45). The SMILES string of the molecule is CCCC(C)(CC(C)(CC(CC(CC)C(=O)NC(C)C)N1CCCC1=O)C(=O)OC(C)C(=O)OC)C(=O)NC1CC(C)(C)N([O])C(C)(C)C1. The van der Waals surface area contributed by atoms with Crippen LogP contribution < -0.4 is 10.6 Å². The molecule has 2 fully saturated rings. The van der Waals surface area contributed by atoms with Crippen molar-refractivity contribution < 1.29 is 38.7 Å². The molecule has 1 radical (unpaired) electrons. The van der Waals surface area contributed by atoms with Gasteiger partial charge in [-0.3, -0.25) is 19.2 Å². The quantitative estimate of drug-likeness (QED) is 0.200. The van der Waals surface area contributed by atoms with Crippen molar-refractivity contribution in [2.45, 2.75) is 176 Å². The molecule has 0 aromatic rings. The van der Waals surface area contributed by atoms with Crippen LogP contribution in [-0.2, 0) is 38.7 Å². The van der Waals surface area contributed by atoms with E-state index in [9.17, 15) is 29.2 Å². The van der Waals surface area contributed by atoms with Gasteiger partial charge in [-0.2, -0.15) is 0 Å². The van der Waals surface area contributed by atoms with Crippen molar-refractivity contribution in [3.05, 3.63) is 0 Å². The second-order valence-corrected chi connectivity index (χ2v) is 16.7. The van der Waals surface area contributed by atoms with Gasteiger partial charge in [0.1, 0.15) is 0 Å². The first-order valence-electron chi connectivity index (χ1n) is 18.2. The molecule has 12 heteroatoms. The molecule has 281 valence electrons. The average molecular weight is 694 g/mol. The summed E-state index contributed by atoms with van der Waals surface area (Å²) in [6.07, 6.45) is 3.04. The summed E-state index contributed by atoms with van der Waals surface area (Å²) in [5.74, 6) is -2.14. The third-order valence-electron chi connectivity index (χ3n) is 10.5. The first-order chi connectivity index (χ1) is 22.6. The zero-order valence-electron chi connectivity index (χ0n) is 32.3. The lowest BCUT2D eigenvalue weighted by Crippen LogP contribution is -2.63. The highest BCUT2D eigenvalue weighted by atomic mass is 16.6. The first-order valence-corrected chi connectivity index (χ1v) is 18.2. The number of hydrogen-bond donors (Lipinski definition) is 2. The van der Waals surface area contributed by atoms with Crippen LogP contribution in [-0.4, -0.2) is 88.6 Å². The number of methoxy groups -OCH3 is 1. The molecule has 0 aromatic carbocycles. The summed E-state index contributed by atoms with van der Waals surface area (Å²) in [6, 6.07) is -0.796. The molecule has 2 N–H and O–H groups in total. The number of carbonyl (C=O) groups is 5. The summed E-state index contributed by atoms with van der Waals surface area (Å²) >= 11 is 0. The Morgan fingerprint density at radius 2 is 1.59 bits per heavy atom. The van der Waals surface area contributed by atoms with E-state index in [-0.39, 0.29) is 42.6 Å². The second-order valence-electron chi connectivity index (χ2n) is 16.7. The molecule has 0 bridgehead atoms. The molecular formula is C37H65N4O8. The van der Waals surface area contributed by atoms with E-state index in [1.165, 1.54) is 14.0 Å². The fraction of sp³-hybridized carbons (Fsp3) is 0.865. The van der Waals surface area contributed by atoms with Gasteiger partial charge in [0.2, 0.25) is 17.7 Å². The summed E-state index contributed by atoms with van der Waals surface area (Å²) in [5.41, 5.74) is -3.74. The normalized spacial score (nSPS) is 22.4. The number of piperidine rings is 1. The number of hydroxylamine groups is 2. The highest BCUT2D eigenvalue weighted by Gasteiger charge is 2.51. The third kappa shape index (κ3) is 10.9. The molecule has 2 aliphatic rings. The molecule has 3 amide bonds. The number of amides is 3. The van der Waals surface area contributed by atoms with Crippen LogP contribution in [0.15, 0.2) is 0 Å². The number of rotatable bonds is 17. The fourth-order valence-electron chi connectivity index (χ4n) is 8.25. The van der Waals surface area contributed by atoms with Crippen LogP contribution in [0.3, 0.4) is 0 Å². The molecule has 2 rings (SSSR count). The summed E-state index contributed by atoms with van der Waals surface area (Å²) in [5, 5.41) is 20.4. The van der Waals surface area contributed by atoms with E-state index in [2.05, 4.69) is 10.6 Å². The summed E-state index contributed by atoms with van der Waals surface area (Å²) in [6.45, 7) is 20.8. The predicted octanol–water partition coefficient (Wildman–Crippen LogP) is 5.10. The maximum absolute atomic E-state index is 14.4. The van der Waals surface area contributed by atoms with Gasteiger partial charge in [0.25, 0.3) is 0 Å². The molecular weight excluding hydrogens is 628 g/mol. The maximum Gasteiger partial charge on any atom is 0.346 e. The topological polar surface area (TPSA) is 154 Å². The highest BCUT2D eigenvalue weighted by molar-refractivity contribution is 5.86. The van der Waals surface area contributed by atoms with Crippen LogP contribution in [0.25, 0.3) is 0 Å². The molecule has 0 aromatic heterocycles. The Hall–Kier alpha value is -2.73. The minimum atomic E-state index is -1.33. The van der Waals surface area contributed by atoms with Gasteiger partial charge in [-0.05, 0) is 107 Å². The van der Waals surface area contributed by atoms with E-state index in [0.717, 1.165) is 5.06 Å². The smallest absolute Gasteiger partial charge is 0.346 e. The number of esters is 2. The maximum atomic E-state index is 14.4. The molecule has 0 saturated carbocycles. The molecule has 49 heavy (non-hydrogen) atoms. The van der Waals surface area contributed by atoms with Gasteiger partial charge in [-0.1, -0.05) is 27.2 Å². The number of likely N-dealkylation sites (tertiary alicyclic amines) is 1. The van der Waals surface area contributed by atoms with Crippen LogP contribution in [0.1, 0.15) is 140 Å². The predicted molar refractivity (Wildman–Crippen MR) is 186 cm³/mol. The van der Waals surface area contributed by atoms with Crippen LogP contribution in [0, 0.1) is 16.7 Å². The van der Waals surface area contributed by atoms with Gasteiger partial charge in [0.05, 0.1) is 12.5 Å². The number of ether oxygens (including phenoxy) is 2. The van der Waals surface area contributed by atoms with Crippen LogP contribution in [0.4, 0.5) is 0 Å². The Bertz CT molecular complexity index is 1170. The van der Waals surface area contributed by atoms with Gasteiger partial charge in [0.15, 0.2) is 6.10 Å². The van der Waals surface area contributed by atoms with Gasteiger partial charge in [0, 0.05) is 53.5 Å². The Morgan fingerprint density at radius 1 is 1.00 bits per heavy atom. The van der Waals surface area contributed by atoms with Gasteiger partial charge < -0.3 is 25.0 Å². The molecule has 5 unspecified atom stereocenters. The van der Waals surface area contributed by atoms with Gasteiger partial charge >= 0.3 is 11.9 Å². The Labute approximate surface area is 294 Å². The molecule has 5 atom stereocenters. The minimum absolute atomic E-state index is 0.0354. The summed E-state index contributed by atoms with van der Waals surface area (Å²) in [7, 11) is 1.22. The van der Waals surface area contributed by atoms with Gasteiger partial charge in [-0.25, -0.2) is 4.79 Å². The molecule has 0 spiro atoms. The number of carbonyl (C=O) groups excluding carboxylic acids is 5. The van der Waals surface area contributed by atoms with E-state index >= 15 is 0 Å². The molecule has 12 nitrogen and oxygen atoms in total. The molecule has 0 aliphatic carbocycles. The largest absolute Gasteiger partial charge is 0.466 e. The molecule has 2 aliphatic heterocycles. The van der Waals surface area contributed by atoms with Crippen molar-refractivity contribution in [1.82, 2.24) is 20.6 Å². The van der Waals surface area contributed by atoms with Crippen molar-refractivity contribution in [2.75, 3.05) is 13.7 Å². The average Bonchev–Trinajstić information content (AvgIpc) is 3.42. The summed E-state index contributed by atoms with van der Waals surface area (Å²) < 4.78 is 10.6. The van der Waals surface area contributed by atoms with Gasteiger partial charge in [-0.15, -0.1) is 10.3 Å². The van der Waals surface area contributed by atoms with Crippen molar-refractivity contribution in [3.8, 4) is 0 Å². The minimum Gasteiger partial charge on any atom is -0.466 e. The molecule has 2 saturated heterocycles. The summed E-state index contributed by atoms with van der Waals surface area (Å²) in [4.78, 5) is 69.2. The Balaban J connectivity index is 2.56. The lowest BCUT2D eigenvalue weighted by Gasteiger charge is -2.50. The van der Waals surface area contributed by atoms with Crippen LogP contribution >= 0.6 is 0 Å². The van der Waals surface area contributed by atoms with E-state index in [1.54, 1.807) is 11.8 Å². The number of hydrogen-bond acceptors (Lipinski definition) is 8. The van der Waals surface area contributed by atoms with E-state index < -0.39 is 51.9 Å². The second kappa shape index (κ2) is 17.0. The fourth-order valence-corrected chi connectivity index (χ4v) is 8.25. The van der Waals surface area contributed by atoms with Crippen LogP contribution in [0.2, 0.25) is 0 Å². The lowest BCUT2D eigenvalue weighted by atomic mass is 9.66. The van der Waals surface area contributed by atoms with Crippen molar-refractivity contribution in [2.24, 2.45) is 16.7 Å². The van der Waals surface area contributed by atoms with Crippen molar-refractivity contribution >= 4 is 29.7 Å². The number of nitrogens with one attached hydrogen (secondary N) is 2. The third-order valence-corrected chi connectivity index (χ3v) is 10.5. The van der Waals surface area contributed by atoms with E-state index in [0.29, 0.717) is 57.9 Å². The monoisotopic (exact) mass is 693 g/mol. The number of nitrogens with zero attached hydrogens (tertiary/aromatic N) is 2. The van der Waals surface area contributed by atoms with E-state index in [4.69, 9.17) is 9.47 Å². The van der Waals surface area contributed by atoms with E-state index in [1.807, 2.05) is 62.3 Å². The Kier molecular flexibility index (Phi) is 14.7. The van der Waals surface area contributed by atoms with Crippen molar-refractivity contribution in [3.63, 3.8) is 0 Å². The zero-order valence-corrected chi connectivity index (χ0v) is 32.3. The van der Waals surface area contributed by atoms with Crippen molar-refractivity contribution in [1.29, 1.82) is 0 Å². The Morgan fingerprint density at radius 3 is 2.06 bits per heavy atom. The highest BCUT2D eigenvalue weighted by Crippen LogP contribution is 2.45. The lowest BCUT2D eigenvalue weighted by molar-refractivity contribution is -0.290. The van der Waals surface area contributed by atoms with Crippen LogP contribution in [0.5, 0.6) is 0 Å². The zero-order chi connectivity index (χ0) is 37.5. The molecule has 2 heterocycles.